The van der Waals surface area contributed by atoms with E-state index >= 15 is 0 Å². The van der Waals surface area contributed by atoms with Gasteiger partial charge in [0.25, 0.3) is 5.91 Å². The molecule has 0 saturated carbocycles. The number of ether oxygens (including phenoxy) is 1. The molecule has 8 heteroatoms. The fraction of sp³-hybridized carbons (Fsp3) is 0.615. The first-order valence-corrected chi connectivity index (χ1v) is 7.90. The van der Waals surface area contributed by atoms with Gasteiger partial charge < -0.3 is 9.26 Å². The summed E-state index contributed by atoms with van der Waals surface area (Å²) in [7, 11) is 0. The van der Waals surface area contributed by atoms with Crippen LogP contribution in [0, 0.1) is 0 Å². The number of amides is 2. The molecule has 21 heavy (non-hydrogen) atoms. The number of hydrazine groups is 1. The fourth-order valence-electron chi connectivity index (χ4n) is 2.27. The molecule has 3 heterocycles. The Hall–Kier alpha value is -1.54. The number of carbonyl (C=O) groups is 2. The minimum atomic E-state index is -0.506. The third-order valence-electron chi connectivity index (χ3n) is 3.71. The van der Waals surface area contributed by atoms with E-state index in [0.717, 1.165) is 18.6 Å². The van der Waals surface area contributed by atoms with E-state index in [1.54, 1.807) is 17.8 Å². The van der Waals surface area contributed by atoms with Gasteiger partial charge in [0.1, 0.15) is 0 Å². The maximum Gasteiger partial charge on any atom is 0.308 e. The standard InChI is InChI=1S/C13H17N3O4S/c1-13(6-19-7-13)10-5-8(20-16-10)11(17)14-15-12(18)9-3-2-4-21-9/h5,9H,2-4,6-7H2,1H3,(H,14,17)(H,15,18). The van der Waals surface area contributed by atoms with Crippen LogP contribution in [0.2, 0.25) is 0 Å². The normalized spacial score (nSPS) is 23.4. The highest BCUT2D eigenvalue weighted by Crippen LogP contribution is 2.31. The van der Waals surface area contributed by atoms with Crippen LogP contribution in [-0.4, -0.2) is 41.2 Å². The highest BCUT2D eigenvalue weighted by atomic mass is 32.2. The van der Waals surface area contributed by atoms with Gasteiger partial charge in [-0.25, -0.2) is 0 Å². The van der Waals surface area contributed by atoms with Crippen LogP contribution in [0.1, 0.15) is 36.0 Å². The van der Waals surface area contributed by atoms with Crippen molar-refractivity contribution >= 4 is 23.6 Å². The highest BCUT2D eigenvalue weighted by molar-refractivity contribution is 8.00. The zero-order valence-corrected chi connectivity index (χ0v) is 12.5. The predicted octanol–water partition coefficient (Wildman–Crippen LogP) is 0.619. The molecular weight excluding hydrogens is 294 g/mol. The van der Waals surface area contributed by atoms with Crippen LogP contribution >= 0.6 is 11.8 Å². The van der Waals surface area contributed by atoms with E-state index in [2.05, 4.69) is 16.0 Å². The molecule has 7 nitrogen and oxygen atoms in total. The average molecular weight is 311 g/mol. The lowest BCUT2D eigenvalue weighted by atomic mass is 9.85. The predicted molar refractivity (Wildman–Crippen MR) is 75.8 cm³/mol. The number of thioether (sulfide) groups is 1. The lowest BCUT2D eigenvalue weighted by Crippen LogP contribution is -2.45. The van der Waals surface area contributed by atoms with Gasteiger partial charge in [0.05, 0.1) is 29.6 Å². The molecule has 1 unspecified atom stereocenters. The summed E-state index contributed by atoms with van der Waals surface area (Å²) in [6.07, 6.45) is 1.87. The Kier molecular flexibility index (Phi) is 3.90. The van der Waals surface area contributed by atoms with E-state index in [9.17, 15) is 9.59 Å². The molecule has 2 saturated heterocycles. The summed E-state index contributed by atoms with van der Waals surface area (Å²) < 4.78 is 10.2. The van der Waals surface area contributed by atoms with Crippen molar-refractivity contribution in [3.63, 3.8) is 0 Å². The Morgan fingerprint density at radius 2 is 2.24 bits per heavy atom. The number of hydrogen-bond donors (Lipinski definition) is 2. The lowest BCUT2D eigenvalue weighted by molar-refractivity contribution is -0.121. The Morgan fingerprint density at radius 3 is 2.86 bits per heavy atom. The van der Waals surface area contributed by atoms with E-state index < -0.39 is 5.91 Å². The SMILES string of the molecule is CC1(c2cc(C(=O)NNC(=O)C3CCCS3)on2)COC1. The summed E-state index contributed by atoms with van der Waals surface area (Å²) in [5, 5.41) is 3.82. The van der Waals surface area contributed by atoms with E-state index in [4.69, 9.17) is 9.26 Å². The van der Waals surface area contributed by atoms with Crippen LogP contribution in [0.15, 0.2) is 10.6 Å². The minimum absolute atomic E-state index is 0.0810. The zero-order chi connectivity index (χ0) is 14.9. The maximum atomic E-state index is 11.9. The summed E-state index contributed by atoms with van der Waals surface area (Å²) in [6.45, 7) is 3.13. The molecule has 114 valence electrons. The van der Waals surface area contributed by atoms with Crippen molar-refractivity contribution in [3.05, 3.63) is 17.5 Å². The summed E-state index contributed by atoms with van der Waals surface area (Å²) in [4.78, 5) is 23.7. The van der Waals surface area contributed by atoms with Crippen LogP contribution in [-0.2, 0) is 14.9 Å². The highest BCUT2D eigenvalue weighted by Gasteiger charge is 2.38. The van der Waals surface area contributed by atoms with Gasteiger partial charge in [0, 0.05) is 6.07 Å². The number of nitrogens with zero attached hydrogens (tertiary/aromatic N) is 1. The monoisotopic (exact) mass is 311 g/mol. The van der Waals surface area contributed by atoms with Crippen molar-refractivity contribution in [1.29, 1.82) is 0 Å². The zero-order valence-electron chi connectivity index (χ0n) is 11.7. The Bertz CT molecular complexity index is 549. The van der Waals surface area contributed by atoms with Crippen molar-refractivity contribution in [2.75, 3.05) is 19.0 Å². The van der Waals surface area contributed by atoms with Gasteiger partial charge in [-0.05, 0) is 25.5 Å². The number of nitrogens with one attached hydrogen (secondary N) is 2. The third kappa shape index (κ3) is 2.91. The van der Waals surface area contributed by atoms with Gasteiger partial charge in [-0.15, -0.1) is 11.8 Å². The number of rotatable bonds is 3. The molecular formula is C13H17N3O4S. The van der Waals surface area contributed by atoms with E-state index in [0.29, 0.717) is 18.9 Å². The smallest absolute Gasteiger partial charge is 0.308 e. The van der Waals surface area contributed by atoms with E-state index in [-0.39, 0.29) is 22.3 Å². The molecule has 0 aliphatic carbocycles. The van der Waals surface area contributed by atoms with Crippen LogP contribution < -0.4 is 10.9 Å². The number of carbonyl (C=O) groups excluding carboxylic acids is 2. The molecule has 1 aromatic rings. The molecule has 2 fully saturated rings. The van der Waals surface area contributed by atoms with E-state index in [1.165, 1.54) is 0 Å². The molecule has 0 bridgehead atoms. The second-order valence-corrected chi connectivity index (χ2v) is 6.89. The van der Waals surface area contributed by atoms with Crippen molar-refractivity contribution < 1.29 is 18.8 Å². The summed E-state index contributed by atoms with van der Waals surface area (Å²) >= 11 is 1.60. The van der Waals surface area contributed by atoms with Gasteiger partial charge in [-0.2, -0.15) is 0 Å². The molecule has 2 aliphatic rings. The molecule has 1 aromatic heterocycles. The molecule has 0 aromatic carbocycles. The summed E-state index contributed by atoms with van der Waals surface area (Å²) in [5.74, 6) is 0.384. The van der Waals surface area contributed by atoms with E-state index in [1.807, 2.05) is 6.92 Å². The summed E-state index contributed by atoms with van der Waals surface area (Å²) in [5.41, 5.74) is 5.29. The molecule has 2 amide bonds. The van der Waals surface area contributed by atoms with Crippen LogP contribution in [0.5, 0.6) is 0 Å². The topological polar surface area (TPSA) is 93.5 Å². The Balaban J connectivity index is 1.54. The Morgan fingerprint density at radius 1 is 1.43 bits per heavy atom. The average Bonchev–Trinajstić information content (AvgIpc) is 3.12. The molecule has 2 N–H and O–H groups in total. The van der Waals surface area contributed by atoms with Gasteiger partial charge in [-0.1, -0.05) is 5.16 Å². The van der Waals surface area contributed by atoms with Crippen molar-refractivity contribution in [2.45, 2.75) is 30.4 Å². The maximum absolute atomic E-state index is 11.9. The fourth-order valence-corrected chi connectivity index (χ4v) is 3.43. The van der Waals surface area contributed by atoms with Crippen molar-refractivity contribution in [3.8, 4) is 0 Å². The molecule has 3 rings (SSSR count). The first-order chi connectivity index (χ1) is 10.1. The molecule has 0 radical (unpaired) electrons. The minimum Gasteiger partial charge on any atom is -0.379 e. The second-order valence-electron chi connectivity index (χ2n) is 5.57. The van der Waals surface area contributed by atoms with Crippen molar-refractivity contribution in [1.82, 2.24) is 16.0 Å². The van der Waals surface area contributed by atoms with Gasteiger partial charge in [-0.3, -0.25) is 20.4 Å². The molecule has 0 spiro atoms. The molecule has 1 atom stereocenters. The van der Waals surface area contributed by atoms with Crippen LogP contribution in [0.25, 0.3) is 0 Å². The molecule has 2 aliphatic heterocycles. The number of hydrogen-bond acceptors (Lipinski definition) is 6. The third-order valence-corrected chi connectivity index (χ3v) is 5.09. The van der Waals surface area contributed by atoms with Crippen molar-refractivity contribution in [2.24, 2.45) is 0 Å². The van der Waals surface area contributed by atoms with Gasteiger partial charge >= 0.3 is 5.91 Å². The van der Waals surface area contributed by atoms with Gasteiger partial charge in [0.15, 0.2) is 0 Å². The first kappa shape index (κ1) is 14.4. The van der Waals surface area contributed by atoms with Crippen LogP contribution in [0.3, 0.4) is 0 Å². The largest absolute Gasteiger partial charge is 0.379 e. The first-order valence-electron chi connectivity index (χ1n) is 6.85. The van der Waals surface area contributed by atoms with Gasteiger partial charge in [0.2, 0.25) is 5.76 Å². The second kappa shape index (κ2) is 5.69. The quantitative estimate of drug-likeness (QED) is 0.795. The lowest BCUT2D eigenvalue weighted by Gasteiger charge is -2.35. The summed E-state index contributed by atoms with van der Waals surface area (Å²) in [6, 6.07) is 1.59. The number of aromatic nitrogens is 1. The Labute approximate surface area is 126 Å². The van der Waals surface area contributed by atoms with Crippen LogP contribution in [0.4, 0.5) is 0 Å².